The average Bonchev–Trinajstić information content (AvgIpc) is 2.90. The minimum atomic E-state index is -0.0456. The molecular weight excluding hydrogens is 402 g/mol. The number of benzene rings is 1. The van der Waals surface area contributed by atoms with Crippen LogP contribution in [-0.2, 0) is 21.7 Å². The van der Waals surface area contributed by atoms with Gasteiger partial charge in [-0.15, -0.1) is 0 Å². The summed E-state index contributed by atoms with van der Waals surface area (Å²) in [5.41, 5.74) is 8.46. The van der Waals surface area contributed by atoms with E-state index in [1.54, 1.807) is 0 Å². The summed E-state index contributed by atoms with van der Waals surface area (Å²) >= 11 is 0. The van der Waals surface area contributed by atoms with E-state index in [1.807, 2.05) is 6.20 Å². The third-order valence-corrected chi connectivity index (χ3v) is 6.94. The highest BCUT2D eigenvalue weighted by Crippen LogP contribution is 2.50. The SMILES string of the molecule is CC(C)(C)c1cc(C(C)(C)C)nc(-c2ccc(-c3ccc4c(c3)C(C)(C)CC4(C)C)nc2)n1. The Balaban J connectivity index is 1.74. The maximum Gasteiger partial charge on any atom is 0.161 e. The van der Waals surface area contributed by atoms with Crippen LogP contribution in [0.3, 0.4) is 0 Å². The fourth-order valence-corrected chi connectivity index (χ4v) is 5.19. The highest BCUT2D eigenvalue weighted by molar-refractivity contribution is 5.66. The molecule has 4 rings (SSSR count). The summed E-state index contributed by atoms with van der Waals surface area (Å²) in [6.07, 6.45) is 3.09. The summed E-state index contributed by atoms with van der Waals surface area (Å²) in [5, 5.41) is 0. The molecule has 33 heavy (non-hydrogen) atoms. The Morgan fingerprint density at radius 2 is 1.21 bits per heavy atom. The van der Waals surface area contributed by atoms with Crippen molar-refractivity contribution in [1.29, 1.82) is 0 Å². The van der Waals surface area contributed by atoms with E-state index in [1.165, 1.54) is 23.1 Å². The zero-order valence-corrected chi connectivity index (χ0v) is 22.1. The number of pyridine rings is 1. The van der Waals surface area contributed by atoms with Crippen LogP contribution < -0.4 is 0 Å². The Bertz CT molecular complexity index is 1150. The first-order chi connectivity index (χ1) is 15.1. The van der Waals surface area contributed by atoms with E-state index in [4.69, 9.17) is 15.0 Å². The second-order valence-electron chi connectivity index (χ2n) is 13.1. The van der Waals surface area contributed by atoms with Gasteiger partial charge in [-0.2, -0.15) is 0 Å². The lowest BCUT2D eigenvalue weighted by molar-refractivity contribution is 0.403. The molecule has 0 saturated heterocycles. The predicted molar refractivity (Wildman–Crippen MR) is 139 cm³/mol. The van der Waals surface area contributed by atoms with E-state index in [0.29, 0.717) is 0 Å². The van der Waals surface area contributed by atoms with Gasteiger partial charge in [-0.05, 0) is 52.6 Å². The monoisotopic (exact) mass is 441 g/mol. The predicted octanol–water partition coefficient (Wildman–Crippen LogP) is 7.76. The molecule has 0 spiro atoms. The van der Waals surface area contributed by atoms with Crippen LogP contribution in [0.25, 0.3) is 22.6 Å². The Hall–Kier alpha value is -2.55. The molecule has 0 aliphatic heterocycles. The highest BCUT2D eigenvalue weighted by Gasteiger charge is 2.41. The number of fused-ring (bicyclic) bond motifs is 1. The lowest BCUT2D eigenvalue weighted by Gasteiger charge is -2.24. The molecule has 0 saturated carbocycles. The van der Waals surface area contributed by atoms with Crippen molar-refractivity contribution < 1.29 is 0 Å². The summed E-state index contributed by atoms with van der Waals surface area (Å²) < 4.78 is 0. The molecule has 0 atom stereocenters. The largest absolute Gasteiger partial charge is 0.255 e. The lowest BCUT2D eigenvalue weighted by atomic mass is 9.82. The second kappa shape index (κ2) is 7.48. The number of aromatic nitrogens is 3. The third-order valence-electron chi connectivity index (χ3n) is 6.94. The fourth-order valence-electron chi connectivity index (χ4n) is 5.19. The zero-order chi connectivity index (χ0) is 24.4. The smallest absolute Gasteiger partial charge is 0.161 e. The van der Waals surface area contributed by atoms with E-state index < -0.39 is 0 Å². The molecule has 0 N–H and O–H groups in total. The van der Waals surface area contributed by atoms with E-state index in [-0.39, 0.29) is 21.7 Å². The summed E-state index contributed by atoms with van der Waals surface area (Å²) in [4.78, 5) is 14.7. The fraction of sp³-hybridized carbons (Fsp3) is 0.500. The van der Waals surface area contributed by atoms with Crippen molar-refractivity contribution in [2.24, 2.45) is 0 Å². The molecule has 3 heteroatoms. The third kappa shape index (κ3) is 4.47. The lowest BCUT2D eigenvalue weighted by Crippen LogP contribution is -2.20. The van der Waals surface area contributed by atoms with E-state index >= 15 is 0 Å². The highest BCUT2D eigenvalue weighted by atomic mass is 14.9. The van der Waals surface area contributed by atoms with Crippen molar-refractivity contribution in [3.63, 3.8) is 0 Å². The molecule has 3 aromatic rings. The molecule has 3 nitrogen and oxygen atoms in total. The van der Waals surface area contributed by atoms with Crippen molar-refractivity contribution in [3.05, 3.63) is 65.1 Å². The Morgan fingerprint density at radius 3 is 1.73 bits per heavy atom. The van der Waals surface area contributed by atoms with Crippen LogP contribution >= 0.6 is 0 Å². The van der Waals surface area contributed by atoms with Gasteiger partial charge in [-0.1, -0.05) is 81.4 Å². The molecule has 174 valence electrons. The van der Waals surface area contributed by atoms with Gasteiger partial charge in [-0.3, -0.25) is 4.98 Å². The van der Waals surface area contributed by atoms with Crippen molar-refractivity contribution in [2.75, 3.05) is 0 Å². The Kier molecular flexibility index (Phi) is 5.35. The minimum Gasteiger partial charge on any atom is -0.255 e. The average molecular weight is 442 g/mol. The van der Waals surface area contributed by atoms with Crippen LogP contribution in [0.1, 0.15) is 98.2 Å². The van der Waals surface area contributed by atoms with E-state index in [2.05, 4.69) is 106 Å². The standard InChI is InChI=1S/C30H39N3/c1-27(2,3)24-16-25(28(4,5)6)33-26(32-24)20-12-14-23(31-17-20)19-11-13-21-22(15-19)30(9,10)18-29(21,7)8/h11-17H,18H2,1-10H3. The number of hydrogen-bond donors (Lipinski definition) is 0. The summed E-state index contributed by atoms with van der Waals surface area (Å²) in [6, 6.07) is 13.2. The van der Waals surface area contributed by atoms with Crippen LogP contribution in [0.4, 0.5) is 0 Å². The van der Waals surface area contributed by atoms with Gasteiger partial charge in [-0.25, -0.2) is 9.97 Å². The summed E-state index contributed by atoms with van der Waals surface area (Å²) in [5.74, 6) is 0.753. The minimum absolute atomic E-state index is 0.0456. The van der Waals surface area contributed by atoms with Crippen LogP contribution in [0.15, 0.2) is 42.6 Å². The van der Waals surface area contributed by atoms with E-state index in [0.717, 1.165) is 28.5 Å². The summed E-state index contributed by atoms with van der Waals surface area (Å²) in [6.45, 7) is 22.6. The topological polar surface area (TPSA) is 38.7 Å². The molecule has 1 aliphatic rings. The Labute approximate surface area is 200 Å². The van der Waals surface area contributed by atoms with Crippen molar-refractivity contribution >= 4 is 0 Å². The van der Waals surface area contributed by atoms with Crippen LogP contribution in [0, 0.1) is 0 Å². The molecule has 0 amide bonds. The van der Waals surface area contributed by atoms with Gasteiger partial charge in [0.25, 0.3) is 0 Å². The number of rotatable bonds is 2. The maximum absolute atomic E-state index is 4.92. The molecule has 0 fully saturated rings. The van der Waals surface area contributed by atoms with E-state index in [9.17, 15) is 0 Å². The zero-order valence-electron chi connectivity index (χ0n) is 22.1. The van der Waals surface area contributed by atoms with Crippen molar-refractivity contribution in [3.8, 4) is 22.6 Å². The van der Waals surface area contributed by atoms with Gasteiger partial charge >= 0.3 is 0 Å². The second-order valence-corrected chi connectivity index (χ2v) is 13.1. The first-order valence-corrected chi connectivity index (χ1v) is 12.1. The number of hydrogen-bond acceptors (Lipinski definition) is 3. The molecule has 0 bridgehead atoms. The molecule has 0 unspecified atom stereocenters. The van der Waals surface area contributed by atoms with Gasteiger partial charge in [0.1, 0.15) is 0 Å². The van der Waals surface area contributed by atoms with Gasteiger partial charge in [0.2, 0.25) is 0 Å². The van der Waals surface area contributed by atoms with Crippen LogP contribution in [-0.4, -0.2) is 15.0 Å². The van der Waals surface area contributed by atoms with Crippen LogP contribution in [0.2, 0.25) is 0 Å². The maximum atomic E-state index is 4.92. The molecule has 0 radical (unpaired) electrons. The summed E-state index contributed by atoms with van der Waals surface area (Å²) in [7, 11) is 0. The molecule has 2 aromatic heterocycles. The first-order valence-electron chi connectivity index (χ1n) is 12.1. The van der Waals surface area contributed by atoms with Crippen LogP contribution in [0.5, 0.6) is 0 Å². The molecule has 2 heterocycles. The van der Waals surface area contributed by atoms with Crippen molar-refractivity contribution in [1.82, 2.24) is 15.0 Å². The van der Waals surface area contributed by atoms with Crippen molar-refractivity contribution in [2.45, 2.75) is 97.3 Å². The molecule has 1 aliphatic carbocycles. The quantitative estimate of drug-likeness (QED) is 0.408. The number of nitrogens with zero attached hydrogens (tertiary/aromatic N) is 3. The molecular formula is C30H39N3. The van der Waals surface area contributed by atoms with Gasteiger partial charge in [0.15, 0.2) is 5.82 Å². The molecule has 1 aromatic carbocycles. The van der Waals surface area contributed by atoms with Gasteiger partial charge < -0.3 is 0 Å². The first kappa shape index (κ1) is 23.6. The van der Waals surface area contributed by atoms with Gasteiger partial charge in [0.05, 0.1) is 17.1 Å². The normalized spacial score (nSPS) is 17.2. The van der Waals surface area contributed by atoms with Gasteiger partial charge in [0, 0.05) is 28.2 Å². The Morgan fingerprint density at radius 1 is 0.667 bits per heavy atom.